The molecule has 0 bridgehead atoms. The Bertz CT molecular complexity index is 1280. The minimum Gasteiger partial charge on any atom is -0.312 e. The monoisotopic (exact) mass is 365 g/mol. The van der Waals surface area contributed by atoms with Crippen molar-refractivity contribution in [2.45, 2.75) is 40.3 Å². The fourth-order valence-electron chi connectivity index (χ4n) is 3.68. The van der Waals surface area contributed by atoms with Gasteiger partial charge in [-0.2, -0.15) is 4.98 Å². The van der Waals surface area contributed by atoms with Crippen molar-refractivity contribution >= 4 is 16.9 Å². The maximum absolute atomic E-state index is 13.2. The largest absolute Gasteiger partial charge is 0.332 e. The van der Waals surface area contributed by atoms with E-state index >= 15 is 0 Å². The summed E-state index contributed by atoms with van der Waals surface area (Å²) < 4.78 is 6.60. The Labute approximate surface area is 156 Å². The van der Waals surface area contributed by atoms with Crippen LogP contribution in [-0.2, 0) is 13.6 Å². The van der Waals surface area contributed by atoms with Gasteiger partial charge in [0.2, 0.25) is 5.78 Å². The highest BCUT2D eigenvalue weighted by atomic mass is 16.2. The molecule has 7 nitrogen and oxygen atoms in total. The van der Waals surface area contributed by atoms with Gasteiger partial charge in [-0.25, -0.2) is 4.79 Å². The van der Waals surface area contributed by atoms with Crippen molar-refractivity contribution in [3.05, 3.63) is 68.1 Å². The Balaban J connectivity index is 2.02. The zero-order valence-corrected chi connectivity index (χ0v) is 16.2. The van der Waals surface area contributed by atoms with Gasteiger partial charge in [-0.1, -0.05) is 29.8 Å². The molecule has 0 aliphatic carbocycles. The van der Waals surface area contributed by atoms with Gasteiger partial charge in [0, 0.05) is 25.0 Å². The summed E-state index contributed by atoms with van der Waals surface area (Å²) in [6, 6.07) is 8.04. The molecule has 3 aromatic heterocycles. The van der Waals surface area contributed by atoms with Crippen molar-refractivity contribution in [3.8, 4) is 0 Å². The van der Waals surface area contributed by atoms with Gasteiger partial charge in [0.1, 0.15) is 0 Å². The first kappa shape index (κ1) is 17.3. The van der Waals surface area contributed by atoms with Crippen LogP contribution < -0.4 is 11.2 Å². The van der Waals surface area contributed by atoms with Crippen molar-refractivity contribution < 1.29 is 0 Å². The molecule has 7 heteroatoms. The first-order valence-electron chi connectivity index (χ1n) is 9.04. The maximum Gasteiger partial charge on any atom is 0.332 e. The van der Waals surface area contributed by atoms with E-state index in [1.54, 1.807) is 11.4 Å². The molecular formula is C20H23N5O2. The number of aromatic nitrogens is 5. The van der Waals surface area contributed by atoms with E-state index in [1.165, 1.54) is 9.13 Å². The summed E-state index contributed by atoms with van der Waals surface area (Å²) in [6.45, 7) is 8.38. The van der Waals surface area contributed by atoms with Crippen LogP contribution in [0.25, 0.3) is 16.9 Å². The first-order valence-corrected chi connectivity index (χ1v) is 9.04. The molecule has 0 saturated heterocycles. The van der Waals surface area contributed by atoms with Gasteiger partial charge >= 0.3 is 5.69 Å². The van der Waals surface area contributed by atoms with Crippen LogP contribution in [0.2, 0.25) is 0 Å². The van der Waals surface area contributed by atoms with Crippen molar-refractivity contribution in [1.82, 2.24) is 23.1 Å². The lowest BCUT2D eigenvalue weighted by molar-refractivity contribution is 0.601. The quantitative estimate of drug-likeness (QED) is 0.560. The third kappa shape index (κ3) is 2.53. The van der Waals surface area contributed by atoms with E-state index in [9.17, 15) is 9.59 Å². The molecule has 0 N–H and O–H groups in total. The van der Waals surface area contributed by atoms with Gasteiger partial charge in [-0.05, 0) is 33.3 Å². The molecule has 0 saturated carbocycles. The lowest BCUT2D eigenvalue weighted by Crippen LogP contribution is -2.39. The first-order chi connectivity index (χ1) is 12.8. The highest BCUT2D eigenvalue weighted by molar-refractivity contribution is 5.75. The Hall–Kier alpha value is -3.09. The highest BCUT2D eigenvalue weighted by Gasteiger charge is 2.21. The van der Waals surface area contributed by atoms with Crippen LogP contribution in [0.15, 0.2) is 40.1 Å². The van der Waals surface area contributed by atoms with Gasteiger partial charge in [-0.15, -0.1) is 0 Å². The molecule has 27 heavy (non-hydrogen) atoms. The van der Waals surface area contributed by atoms with E-state index in [0.717, 1.165) is 16.8 Å². The summed E-state index contributed by atoms with van der Waals surface area (Å²) in [6.07, 6.45) is 1.91. The van der Waals surface area contributed by atoms with Crippen LogP contribution in [0.4, 0.5) is 0 Å². The molecule has 0 atom stereocenters. The lowest BCUT2D eigenvalue weighted by atomic mass is 10.1. The number of rotatable bonds is 3. The Morgan fingerprint density at radius 2 is 1.74 bits per heavy atom. The molecular weight excluding hydrogens is 342 g/mol. The third-order valence-corrected chi connectivity index (χ3v) is 5.05. The second-order valence-electron chi connectivity index (χ2n) is 7.41. The predicted octanol–water partition coefficient (Wildman–Crippen LogP) is 2.40. The molecule has 0 amide bonds. The topological polar surface area (TPSA) is 66.2 Å². The molecule has 4 aromatic rings. The van der Waals surface area contributed by atoms with Crippen LogP contribution in [-0.4, -0.2) is 23.1 Å². The van der Waals surface area contributed by atoms with E-state index in [0.29, 0.717) is 16.9 Å². The van der Waals surface area contributed by atoms with Crippen molar-refractivity contribution in [3.63, 3.8) is 0 Å². The Kier molecular flexibility index (Phi) is 3.83. The van der Waals surface area contributed by atoms with Gasteiger partial charge < -0.3 is 4.57 Å². The van der Waals surface area contributed by atoms with E-state index in [-0.39, 0.29) is 23.8 Å². The van der Waals surface area contributed by atoms with Gasteiger partial charge in [-0.3, -0.25) is 18.3 Å². The normalized spacial score (nSPS) is 11.9. The SMILES string of the molecule is Cc1ccc(Cn2c(=O)c3c(nc4n(C(C)C)c(C)cn34)n(C)c2=O)cc1. The number of aryl methyl sites for hydroxylation is 3. The summed E-state index contributed by atoms with van der Waals surface area (Å²) in [5, 5.41) is 0. The average molecular weight is 365 g/mol. The van der Waals surface area contributed by atoms with Crippen LogP contribution in [0.5, 0.6) is 0 Å². The summed E-state index contributed by atoms with van der Waals surface area (Å²) in [5.41, 5.74) is 3.24. The van der Waals surface area contributed by atoms with Crippen LogP contribution in [0, 0.1) is 13.8 Å². The fraction of sp³-hybridized carbons (Fsp3) is 0.350. The number of fused-ring (bicyclic) bond motifs is 3. The predicted molar refractivity (Wildman–Crippen MR) is 106 cm³/mol. The van der Waals surface area contributed by atoms with Crippen molar-refractivity contribution in [2.24, 2.45) is 7.05 Å². The Morgan fingerprint density at radius 1 is 1.07 bits per heavy atom. The second-order valence-corrected chi connectivity index (χ2v) is 7.41. The summed E-state index contributed by atoms with van der Waals surface area (Å²) in [4.78, 5) is 30.7. The molecule has 0 aliphatic heterocycles. The van der Waals surface area contributed by atoms with Crippen LogP contribution >= 0.6 is 0 Å². The molecule has 4 rings (SSSR count). The number of hydrogen-bond acceptors (Lipinski definition) is 3. The highest BCUT2D eigenvalue weighted by Crippen LogP contribution is 2.20. The summed E-state index contributed by atoms with van der Waals surface area (Å²) >= 11 is 0. The molecule has 0 fully saturated rings. The zero-order valence-electron chi connectivity index (χ0n) is 16.2. The molecule has 0 unspecified atom stereocenters. The van der Waals surface area contributed by atoms with Crippen molar-refractivity contribution in [1.29, 1.82) is 0 Å². The van der Waals surface area contributed by atoms with E-state index in [4.69, 9.17) is 0 Å². The van der Waals surface area contributed by atoms with Gasteiger partial charge in [0.15, 0.2) is 11.2 Å². The minimum absolute atomic E-state index is 0.200. The van der Waals surface area contributed by atoms with Gasteiger partial charge in [0.25, 0.3) is 5.56 Å². The van der Waals surface area contributed by atoms with E-state index < -0.39 is 0 Å². The van der Waals surface area contributed by atoms with Gasteiger partial charge in [0.05, 0.1) is 6.54 Å². The standard InChI is InChI=1S/C20H23N5O2/c1-12(2)25-14(4)10-23-16-17(21-19(23)25)22(5)20(27)24(18(16)26)11-15-8-6-13(3)7-9-15/h6-10,12H,11H2,1-5H3. The summed E-state index contributed by atoms with van der Waals surface area (Å²) in [5.74, 6) is 0.678. The van der Waals surface area contributed by atoms with Crippen LogP contribution in [0.1, 0.15) is 36.7 Å². The summed E-state index contributed by atoms with van der Waals surface area (Å²) in [7, 11) is 1.66. The number of benzene rings is 1. The third-order valence-electron chi connectivity index (χ3n) is 5.05. The van der Waals surface area contributed by atoms with E-state index in [1.807, 2.05) is 44.3 Å². The molecule has 140 valence electrons. The molecule has 0 radical (unpaired) electrons. The number of hydrogen-bond donors (Lipinski definition) is 0. The second kappa shape index (κ2) is 5.97. The molecule has 0 aliphatic rings. The minimum atomic E-state index is -0.360. The molecule has 1 aromatic carbocycles. The smallest absolute Gasteiger partial charge is 0.312 e. The molecule has 3 heterocycles. The Morgan fingerprint density at radius 3 is 2.37 bits per heavy atom. The zero-order chi connectivity index (χ0) is 19.5. The average Bonchev–Trinajstić information content (AvgIpc) is 3.12. The van der Waals surface area contributed by atoms with Crippen molar-refractivity contribution in [2.75, 3.05) is 0 Å². The van der Waals surface area contributed by atoms with Crippen LogP contribution in [0.3, 0.4) is 0 Å². The molecule has 0 spiro atoms. The fourth-order valence-corrected chi connectivity index (χ4v) is 3.68. The number of imidazole rings is 2. The number of nitrogens with zero attached hydrogens (tertiary/aromatic N) is 5. The lowest BCUT2D eigenvalue weighted by Gasteiger charge is -2.09. The van der Waals surface area contributed by atoms with E-state index in [2.05, 4.69) is 23.4 Å². The maximum atomic E-state index is 13.2.